The van der Waals surface area contributed by atoms with Gasteiger partial charge in [0.25, 0.3) is 5.91 Å². The van der Waals surface area contributed by atoms with Gasteiger partial charge in [-0.05, 0) is 49.6 Å². The molecule has 0 aromatic carbocycles. The van der Waals surface area contributed by atoms with Crippen LogP contribution in [0.3, 0.4) is 0 Å². The summed E-state index contributed by atoms with van der Waals surface area (Å²) in [6.07, 6.45) is 5.72. The molecule has 2 aromatic heterocycles. The van der Waals surface area contributed by atoms with E-state index in [4.69, 9.17) is 0 Å². The largest absolute Gasteiger partial charge is 0.356 e. The first-order chi connectivity index (χ1) is 10.2. The van der Waals surface area contributed by atoms with Crippen LogP contribution in [0.15, 0.2) is 36.7 Å². The summed E-state index contributed by atoms with van der Waals surface area (Å²) in [5.74, 6) is 1.17. The van der Waals surface area contributed by atoms with E-state index in [0.717, 1.165) is 37.3 Å². The molecule has 1 amide bonds. The van der Waals surface area contributed by atoms with E-state index in [2.05, 4.69) is 20.2 Å². The molecule has 3 heterocycles. The number of nitrogens with one attached hydrogen (secondary N) is 1. The van der Waals surface area contributed by atoms with Crippen molar-refractivity contribution < 1.29 is 4.79 Å². The zero-order valence-electron chi connectivity index (χ0n) is 12.0. The van der Waals surface area contributed by atoms with Crippen molar-refractivity contribution in [2.24, 2.45) is 0 Å². The number of rotatable bonds is 3. The van der Waals surface area contributed by atoms with Crippen molar-refractivity contribution in [3.8, 4) is 0 Å². The topological polar surface area (TPSA) is 58.1 Å². The second kappa shape index (κ2) is 5.91. The summed E-state index contributed by atoms with van der Waals surface area (Å²) in [6, 6.07) is 7.35. The average molecular weight is 282 g/mol. The minimum atomic E-state index is -0.164. The molecule has 0 atom stereocenters. The van der Waals surface area contributed by atoms with Gasteiger partial charge in [0.15, 0.2) is 0 Å². The summed E-state index contributed by atoms with van der Waals surface area (Å²) < 4.78 is 0. The lowest BCUT2D eigenvalue weighted by atomic mass is 10.2. The van der Waals surface area contributed by atoms with Crippen LogP contribution in [-0.2, 0) is 0 Å². The van der Waals surface area contributed by atoms with E-state index >= 15 is 0 Å². The molecule has 2 aromatic rings. The van der Waals surface area contributed by atoms with Crippen LogP contribution in [0.4, 0.5) is 11.6 Å². The van der Waals surface area contributed by atoms with Crippen LogP contribution in [0.1, 0.15) is 28.8 Å². The van der Waals surface area contributed by atoms with Gasteiger partial charge in [-0.25, -0.2) is 9.97 Å². The molecule has 5 nitrogen and oxygen atoms in total. The summed E-state index contributed by atoms with van der Waals surface area (Å²) in [4.78, 5) is 23.2. The molecule has 0 unspecified atom stereocenters. The van der Waals surface area contributed by atoms with E-state index in [1.54, 1.807) is 18.5 Å². The number of aryl methyl sites for hydroxylation is 1. The summed E-state index contributed by atoms with van der Waals surface area (Å²) in [6.45, 7) is 3.89. The van der Waals surface area contributed by atoms with Crippen LogP contribution in [-0.4, -0.2) is 29.0 Å². The quantitative estimate of drug-likeness (QED) is 0.940. The highest BCUT2D eigenvalue weighted by atomic mass is 16.1. The van der Waals surface area contributed by atoms with E-state index < -0.39 is 0 Å². The van der Waals surface area contributed by atoms with Gasteiger partial charge < -0.3 is 10.2 Å². The van der Waals surface area contributed by atoms with Gasteiger partial charge >= 0.3 is 0 Å². The molecular weight excluding hydrogens is 264 g/mol. The number of hydrogen-bond acceptors (Lipinski definition) is 4. The molecule has 1 saturated heterocycles. The van der Waals surface area contributed by atoms with Crippen molar-refractivity contribution in [1.29, 1.82) is 0 Å². The molecule has 0 bridgehead atoms. The van der Waals surface area contributed by atoms with E-state index in [1.807, 2.05) is 25.1 Å². The van der Waals surface area contributed by atoms with Gasteiger partial charge in [0.2, 0.25) is 0 Å². The molecular formula is C16H18N4O. The van der Waals surface area contributed by atoms with Crippen molar-refractivity contribution in [3.63, 3.8) is 0 Å². The van der Waals surface area contributed by atoms with Crippen molar-refractivity contribution in [1.82, 2.24) is 9.97 Å². The molecule has 5 heteroatoms. The van der Waals surface area contributed by atoms with Crippen LogP contribution in [0.2, 0.25) is 0 Å². The highest BCUT2D eigenvalue weighted by Gasteiger charge is 2.20. The van der Waals surface area contributed by atoms with Gasteiger partial charge in [0.1, 0.15) is 11.6 Å². The first-order valence-corrected chi connectivity index (χ1v) is 7.18. The minimum Gasteiger partial charge on any atom is -0.356 e. The van der Waals surface area contributed by atoms with Crippen LogP contribution in [0.25, 0.3) is 0 Å². The van der Waals surface area contributed by atoms with Crippen molar-refractivity contribution >= 4 is 17.5 Å². The average Bonchev–Trinajstić information content (AvgIpc) is 3.01. The van der Waals surface area contributed by atoms with E-state index in [1.165, 1.54) is 0 Å². The Balaban J connectivity index is 1.84. The molecule has 0 aliphatic carbocycles. The number of carbonyl (C=O) groups excluding carboxylic acids is 1. The third-order valence-corrected chi connectivity index (χ3v) is 3.59. The predicted octanol–water partition coefficient (Wildman–Crippen LogP) is 2.64. The number of anilines is 2. The smallest absolute Gasteiger partial charge is 0.260 e. The molecule has 3 rings (SSSR count). The fourth-order valence-corrected chi connectivity index (χ4v) is 2.54. The second-order valence-electron chi connectivity index (χ2n) is 5.24. The number of pyridine rings is 2. The normalized spacial score (nSPS) is 14.2. The number of amides is 1. The second-order valence-corrected chi connectivity index (χ2v) is 5.24. The number of aromatic nitrogens is 2. The Morgan fingerprint density at radius 2 is 2.00 bits per heavy atom. The van der Waals surface area contributed by atoms with E-state index in [9.17, 15) is 4.79 Å². The van der Waals surface area contributed by atoms with Gasteiger partial charge in [-0.3, -0.25) is 4.79 Å². The van der Waals surface area contributed by atoms with Crippen LogP contribution in [0, 0.1) is 6.92 Å². The Morgan fingerprint density at radius 1 is 1.19 bits per heavy atom. The lowest BCUT2D eigenvalue weighted by Gasteiger charge is -2.19. The lowest BCUT2D eigenvalue weighted by molar-refractivity contribution is 0.102. The Bertz CT molecular complexity index is 650. The highest BCUT2D eigenvalue weighted by molar-refractivity contribution is 6.07. The lowest BCUT2D eigenvalue weighted by Crippen LogP contribution is -2.24. The van der Waals surface area contributed by atoms with Crippen molar-refractivity contribution in [2.45, 2.75) is 19.8 Å². The number of nitrogens with zero attached hydrogens (tertiary/aromatic N) is 3. The fourth-order valence-electron chi connectivity index (χ4n) is 2.54. The third kappa shape index (κ3) is 3.02. The molecule has 21 heavy (non-hydrogen) atoms. The van der Waals surface area contributed by atoms with Gasteiger partial charge in [-0.15, -0.1) is 0 Å². The number of carbonyl (C=O) groups is 1. The molecule has 1 aliphatic rings. The molecule has 1 fully saturated rings. The first kappa shape index (κ1) is 13.5. The third-order valence-electron chi connectivity index (χ3n) is 3.59. The minimum absolute atomic E-state index is 0.164. The summed E-state index contributed by atoms with van der Waals surface area (Å²) in [5, 5.41) is 2.85. The van der Waals surface area contributed by atoms with Crippen LogP contribution < -0.4 is 10.2 Å². The molecule has 0 saturated carbocycles. The zero-order valence-corrected chi connectivity index (χ0v) is 12.0. The summed E-state index contributed by atoms with van der Waals surface area (Å²) in [5.41, 5.74) is 1.66. The molecule has 1 N–H and O–H groups in total. The Morgan fingerprint density at radius 3 is 2.76 bits per heavy atom. The predicted molar refractivity (Wildman–Crippen MR) is 82.6 cm³/mol. The maximum Gasteiger partial charge on any atom is 0.260 e. The maximum absolute atomic E-state index is 12.5. The van der Waals surface area contributed by atoms with Crippen LogP contribution in [0.5, 0.6) is 0 Å². The number of hydrogen-bond donors (Lipinski definition) is 1. The maximum atomic E-state index is 12.5. The Kier molecular flexibility index (Phi) is 3.81. The van der Waals surface area contributed by atoms with Crippen molar-refractivity contribution in [2.75, 3.05) is 23.3 Å². The molecule has 108 valence electrons. The van der Waals surface area contributed by atoms with Gasteiger partial charge in [0.05, 0.1) is 5.56 Å². The van der Waals surface area contributed by atoms with Crippen molar-refractivity contribution in [3.05, 3.63) is 47.8 Å². The van der Waals surface area contributed by atoms with Gasteiger partial charge in [-0.2, -0.15) is 0 Å². The zero-order chi connectivity index (χ0) is 14.7. The van der Waals surface area contributed by atoms with Gasteiger partial charge in [0, 0.05) is 25.5 Å². The van der Waals surface area contributed by atoms with Gasteiger partial charge in [-0.1, -0.05) is 0 Å². The SMILES string of the molecule is Cc1ccnc(NC(=O)c2cccnc2N2CCCC2)c1. The highest BCUT2D eigenvalue weighted by Crippen LogP contribution is 2.22. The standard InChI is InChI=1S/C16H18N4O/c1-12-6-8-17-14(11-12)19-16(21)13-5-4-7-18-15(13)20-9-2-3-10-20/h4-8,11H,2-3,9-10H2,1H3,(H,17,19,21). The summed E-state index contributed by atoms with van der Waals surface area (Å²) >= 11 is 0. The van der Waals surface area contributed by atoms with Crippen LogP contribution >= 0.6 is 0 Å². The van der Waals surface area contributed by atoms with E-state index in [-0.39, 0.29) is 5.91 Å². The molecule has 0 radical (unpaired) electrons. The fraction of sp³-hybridized carbons (Fsp3) is 0.312. The Hall–Kier alpha value is -2.43. The molecule has 1 aliphatic heterocycles. The summed E-state index contributed by atoms with van der Waals surface area (Å²) in [7, 11) is 0. The first-order valence-electron chi connectivity index (χ1n) is 7.18. The Labute approximate surface area is 124 Å². The van der Waals surface area contributed by atoms with E-state index in [0.29, 0.717) is 11.4 Å². The monoisotopic (exact) mass is 282 g/mol. The molecule has 0 spiro atoms.